The van der Waals surface area contributed by atoms with Crippen molar-refractivity contribution >= 4 is 56.8 Å². The highest BCUT2D eigenvalue weighted by molar-refractivity contribution is 6.92. The van der Waals surface area contributed by atoms with E-state index in [0.29, 0.717) is 38.1 Å². The van der Waals surface area contributed by atoms with Crippen LogP contribution in [0.25, 0.3) is 0 Å². The second kappa shape index (κ2) is 14.8. The van der Waals surface area contributed by atoms with Crippen LogP contribution < -0.4 is 0 Å². The molecule has 0 aliphatic carbocycles. The molecule has 0 radical (unpaired) electrons. The summed E-state index contributed by atoms with van der Waals surface area (Å²) in [5.41, 5.74) is 0.980. The minimum absolute atomic E-state index is 0.0370. The zero-order valence-corrected chi connectivity index (χ0v) is 32.0. The Bertz CT molecular complexity index is 691. The van der Waals surface area contributed by atoms with Crippen molar-refractivity contribution in [1.29, 1.82) is 0 Å². The van der Waals surface area contributed by atoms with Gasteiger partial charge in [0.25, 0.3) is 0 Å². The first-order valence-electron chi connectivity index (χ1n) is 13.3. The normalized spacial score (nSPS) is 14.2. The van der Waals surface area contributed by atoms with Crippen molar-refractivity contribution in [3.63, 3.8) is 0 Å². The molecule has 0 aliphatic heterocycles. The van der Waals surface area contributed by atoms with Crippen molar-refractivity contribution < 1.29 is 35.2 Å². The van der Waals surface area contributed by atoms with Crippen LogP contribution in [0.15, 0.2) is 12.2 Å². The molecule has 0 aromatic heterocycles. The fraction of sp³-hybridized carbons (Fsp3) is 0.870. The molecule has 0 atom stereocenters. The molecule has 0 aliphatic rings. The van der Waals surface area contributed by atoms with Gasteiger partial charge in [0.15, 0.2) is 33.3 Å². The second-order valence-electron chi connectivity index (χ2n) is 13.7. The lowest BCUT2D eigenvalue weighted by Gasteiger charge is -2.47. The van der Waals surface area contributed by atoms with Gasteiger partial charge in [-0.25, -0.2) is 0 Å². The van der Waals surface area contributed by atoms with Crippen molar-refractivity contribution in [3.05, 3.63) is 12.2 Å². The Morgan fingerprint density at radius 2 is 1.00 bits per heavy atom. The summed E-state index contributed by atoms with van der Waals surface area (Å²) in [6, 6.07) is 1.02. The minimum atomic E-state index is -3.39. The van der Waals surface area contributed by atoms with Gasteiger partial charge in [-0.3, -0.25) is 4.79 Å². The molecule has 0 saturated carbocycles. The van der Waals surface area contributed by atoms with E-state index in [0.717, 1.165) is 5.57 Å². The molecule has 0 spiro atoms. The minimum Gasteiger partial charge on any atom is -0.481 e. The molecule has 0 aromatic rings. The number of carboxylic acid groups (broad SMARTS) is 1. The van der Waals surface area contributed by atoms with E-state index in [2.05, 4.69) is 85.1 Å². The number of rotatable bonds is 20. The number of carbonyl (C=O) groups is 1. The summed E-state index contributed by atoms with van der Waals surface area (Å²) in [5.74, 6) is -0.834. The zero-order chi connectivity index (χ0) is 29.3. The molecule has 1 N–H and O–H groups in total. The van der Waals surface area contributed by atoms with Gasteiger partial charge in [0.05, 0.1) is 6.61 Å². The van der Waals surface area contributed by atoms with Crippen molar-refractivity contribution in [2.45, 2.75) is 117 Å². The third-order valence-corrected chi connectivity index (χ3v) is 23.3. The molecule has 0 fully saturated rings. The highest BCUT2D eigenvalue weighted by Crippen LogP contribution is 2.36. The van der Waals surface area contributed by atoms with E-state index in [1.54, 1.807) is 0 Å². The Kier molecular flexibility index (Phi) is 14.9. The van der Waals surface area contributed by atoms with Crippen LogP contribution in [0.3, 0.4) is 0 Å². The molecule has 0 unspecified atom stereocenters. The summed E-state index contributed by atoms with van der Waals surface area (Å²) in [5, 5.41) is 9.38. The van der Waals surface area contributed by atoms with Crippen molar-refractivity contribution in [2.75, 3.05) is 13.2 Å². The maximum Gasteiger partial charge on any atom is 0.472 e. The summed E-state index contributed by atoms with van der Waals surface area (Å²) >= 11 is 0. The molecule has 0 rings (SSSR count). The molecule has 0 heterocycles. The first-order valence-corrected chi connectivity index (χ1v) is 30.8. The van der Waals surface area contributed by atoms with Gasteiger partial charge in [-0.2, -0.15) is 0 Å². The lowest BCUT2D eigenvalue weighted by atomic mass is 10.3. The lowest BCUT2D eigenvalue weighted by Crippen LogP contribution is -2.67. The summed E-state index contributed by atoms with van der Waals surface area (Å²) in [6.07, 6.45) is 1.17. The number of aliphatic carboxylic acids is 1. The van der Waals surface area contributed by atoms with Crippen LogP contribution in [0.2, 0.25) is 90.7 Å². The van der Waals surface area contributed by atoms with E-state index in [4.69, 9.17) is 25.3 Å². The van der Waals surface area contributed by atoms with E-state index < -0.39 is 56.8 Å². The molecule has 0 amide bonds. The average molecular weight is 629 g/mol. The largest absolute Gasteiger partial charge is 0.481 e. The van der Waals surface area contributed by atoms with Gasteiger partial charge >= 0.3 is 23.6 Å². The molecule has 8 nitrogen and oxygen atoms in total. The standard InChI is InChI=1S/C23H56O8Si6/c1-22(2)21-26-18-16-20-37(29-34(9,10)11,30-35(12,13)14)31-36(27-32(3,4)5,28-33(6,7)8)19-15-17-23(24)25/h1,15-21H2,2-14H3,(H,24,25). The van der Waals surface area contributed by atoms with Gasteiger partial charge in [-0.05, 0) is 98.3 Å². The monoisotopic (exact) mass is 628 g/mol. The SMILES string of the molecule is C=C(C)COCCC[Si](O[Si](C)(C)C)(O[Si](C)(C)C)O[Si](CCCC(=O)O)(O[Si](C)(C)C)O[Si](C)(C)C. The van der Waals surface area contributed by atoms with Crippen molar-refractivity contribution in [3.8, 4) is 0 Å². The molecular formula is C23H56O8Si6. The van der Waals surface area contributed by atoms with E-state index in [1.165, 1.54) is 0 Å². The van der Waals surface area contributed by atoms with Crippen LogP contribution in [-0.4, -0.2) is 75.2 Å². The predicted octanol–water partition coefficient (Wildman–Crippen LogP) is 7.13. The zero-order valence-electron chi connectivity index (χ0n) is 26.0. The van der Waals surface area contributed by atoms with Gasteiger partial charge in [0.2, 0.25) is 0 Å². The van der Waals surface area contributed by atoms with Crippen LogP contribution in [0.1, 0.15) is 26.2 Å². The highest BCUT2D eigenvalue weighted by atomic mass is 28.5. The van der Waals surface area contributed by atoms with E-state index in [1.807, 2.05) is 6.92 Å². The van der Waals surface area contributed by atoms with E-state index in [9.17, 15) is 9.90 Å². The molecular weight excluding hydrogens is 573 g/mol. The number of ether oxygens (including phenoxy) is 1. The topological polar surface area (TPSA) is 92.7 Å². The molecule has 0 bridgehead atoms. The summed E-state index contributed by atoms with van der Waals surface area (Å²) < 4.78 is 40.6. The molecule has 14 heteroatoms. The Balaban J connectivity index is 6.66. The van der Waals surface area contributed by atoms with Gasteiger partial charge in [0.1, 0.15) is 0 Å². The van der Waals surface area contributed by atoms with Crippen LogP contribution in [0, 0.1) is 0 Å². The predicted molar refractivity (Wildman–Crippen MR) is 167 cm³/mol. The van der Waals surface area contributed by atoms with Crippen molar-refractivity contribution in [1.82, 2.24) is 0 Å². The molecule has 37 heavy (non-hydrogen) atoms. The summed E-state index contributed by atoms with van der Waals surface area (Å²) in [6.45, 7) is 32.5. The fourth-order valence-electron chi connectivity index (χ4n) is 3.63. The average Bonchev–Trinajstić information content (AvgIpc) is 2.54. The summed E-state index contributed by atoms with van der Waals surface area (Å²) in [7, 11) is -15.3. The number of hydrogen-bond acceptors (Lipinski definition) is 7. The van der Waals surface area contributed by atoms with Crippen LogP contribution in [-0.2, 0) is 30.1 Å². The fourth-order valence-corrected chi connectivity index (χ4v) is 27.3. The van der Waals surface area contributed by atoms with Crippen LogP contribution in [0.4, 0.5) is 0 Å². The van der Waals surface area contributed by atoms with Gasteiger partial charge < -0.3 is 30.4 Å². The second-order valence-corrected chi connectivity index (χ2v) is 38.4. The third kappa shape index (κ3) is 19.9. The van der Waals surface area contributed by atoms with Gasteiger partial charge in [0, 0.05) is 25.1 Å². The lowest BCUT2D eigenvalue weighted by molar-refractivity contribution is -0.137. The summed E-state index contributed by atoms with van der Waals surface area (Å²) in [4.78, 5) is 11.4. The molecule has 220 valence electrons. The maximum absolute atomic E-state index is 11.4. The van der Waals surface area contributed by atoms with Gasteiger partial charge in [-0.15, -0.1) is 0 Å². The Morgan fingerprint density at radius 1 is 0.649 bits per heavy atom. The number of carboxylic acids is 1. The highest BCUT2D eigenvalue weighted by Gasteiger charge is 2.58. The van der Waals surface area contributed by atoms with Crippen LogP contribution in [0.5, 0.6) is 0 Å². The van der Waals surface area contributed by atoms with E-state index >= 15 is 0 Å². The van der Waals surface area contributed by atoms with Crippen molar-refractivity contribution in [2.24, 2.45) is 0 Å². The third-order valence-electron chi connectivity index (χ3n) is 4.15. The van der Waals surface area contributed by atoms with Gasteiger partial charge in [-0.1, -0.05) is 12.2 Å². The maximum atomic E-state index is 11.4. The number of hydrogen-bond donors (Lipinski definition) is 1. The first kappa shape index (κ1) is 37.3. The Hall–Kier alpha value is 0.271. The van der Waals surface area contributed by atoms with E-state index in [-0.39, 0.29) is 6.42 Å². The Morgan fingerprint density at radius 3 is 1.30 bits per heavy atom. The smallest absolute Gasteiger partial charge is 0.472 e. The quantitative estimate of drug-likeness (QED) is 0.0864. The first-order chi connectivity index (χ1) is 16.4. The molecule has 0 saturated heterocycles. The Labute approximate surface area is 233 Å². The molecule has 0 aromatic carbocycles. The van der Waals surface area contributed by atoms with Crippen LogP contribution >= 0.6 is 0 Å².